The van der Waals surface area contributed by atoms with Crippen LogP contribution in [0.3, 0.4) is 0 Å². The van der Waals surface area contributed by atoms with Gasteiger partial charge in [-0.05, 0) is 31.2 Å². The maximum atomic E-state index is 12.3. The summed E-state index contributed by atoms with van der Waals surface area (Å²) in [5.74, 6) is -0.0586. The molecule has 26 heavy (non-hydrogen) atoms. The number of carbonyl (C=O) groups is 2. The maximum Gasteiger partial charge on any atom is 0.243 e. The zero-order chi connectivity index (χ0) is 18.5. The molecule has 2 amide bonds. The third kappa shape index (κ3) is 4.83. The van der Waals surface area contributed by atoms with Crippen molar-refractivity contribution in [3.05, 3.63) is 54.1 Å². The highest BCUT2D eigenvalue weighted by molar-refractivity contribution is 8.01. The number of benzene rings is 2. The number of aromatic nitrogens is 1. The fourth-order valence-electron chi connectivity index (χ4n) is 2.29. The first-order valence-electron chi connectivity index (χ1n) is 8.10. The number of rotatable bonds is 6. The standard InChI is InChI=1S/C19H19N3O2S2/c1-13-7-9-14(10-8-13)20-17(23)11-22(2)18(24)12-25-19-21-15-5-3-4-6-16(15)26-19/h3-10H,11-12H2,1-2H3,(H,20,23). The lowest BCUT2D eigenvalue weighted by Gasteiger charge is -2.16. The minimum atomic E-state index is -0.213. The molecule has 0 unspecified atom stereocenters. The fourth-order valence-corrected chi connectivity index (χ4v) is 4.30. The van der Waals surface area contributed by atoms with Gasteiger partial charge < -0.3 is 10.2 Å². The van der Waals surface area contributed by atoms with Gasteiger partial charge in [-0.15, -0.1) is 11.3 Å². The Morgan fingerprint density at radius 2 is 1.88 bits per heavy atom. The number of nitrogens with zero attached hydrogens (tertiary/aromatic N) is 2. The highest BCUT2D eigenvalue weighted by atomic mass is 32.2. The van der Waals surface area contributed by atoms with Gasteiger partial charge >= 0.3 is 0 Å². The number of hydrogen-bond donors (Lipinski definition) is 1. The van der Waals surface area contributed by atoms with Gasteiger partial charge in [0.05, 0.1) is 22.5 Å². The Morgan fingerprint density at radius 3 is 2.62 bits per heavy atom. The summed E-state index contributed by atoms with van der Waals surface area (Å²) >= 11 is 2.97. The predicted octanol–water partition coefficient (Wildman–Crippen LogP) is 3.79. The van der Waals surface area contributed by atoms with Crippen LogP contribution in [0.15, 0.2) is 52.9 Å². The fraction of sp³-hybridized carbons (Fsp3) is 0.211. The van der Waals surface area contributed by atoms with E-state index < -0.39 is 0 Å². The number of thiazole rings is 1. The number of hydrogen-bond acceptors (Lipinski definition) is 5. The Balaban J connectivity index is 1.49. The molecule has 0 spiro atoms. The highest BCUT2D eigenvalue weighted by Crippen LogP contribution is 2.29. The van der Waals surface area contributed by atoms with Crippen LogP contribution >= 0.6 is 23.1 Å². The molecule has 0 aliphatic carbocycles. The van der Waals surface area contributed by atoms with Crippen LogP contribution in [-0.2, 0) is 9.59 Å². The van der Waals surface area contributed by atoms with E-state index in [1.807, 2.05) is 55.5 Å². The monoisotopic (exact) mass is 385 g/mol. The second-order valence-electron chi connectivity index (χ2n) is 5.90. The van der Waals surface area contributed by atoms with Gasteiger partial charge in [-0.25, -0.2) is 4.98 Å². The van der Waals surface area contributed by atoms with Crippen molar-refractivity contribution in [2.45, 2.75) is 11.3 Å². The maximum absolute atomic E-state index is 12.3. The van der Waals surface area contributed by atoms with Crippen molar-refractivity contribution in [3.63, 3.8) is 0 Å². The van der Waals surface area contributed by atoms with E-state index in [1.165, 1.54) is 16.7 Å². The van der Waals surface area contributed by atoms with Crippen molar-refractivity contribution in [2.24, 2.45) is 0 Å². The van der Waals surface area contributed by atoms with Crippen LogP contribution in [0.5, 0.6) is 0 Å². The van der Waals surface area contributed by atoms with Gasteiger partial charge in [-0.3, -0.25) is 9.59 Å². The molecule has 0 aliphatic heterocycles. The van der Waals surface area contributed by atoms with E-state index in [0.29, 0.717) is 0 Å². The summed E-state index contributed by atoms with van der Waals surface area (Å²) in [5.41, 5.74) is 2.80. The summed E-state index contributed by atoms with van der Waals surface area (Å²) in [4.78, 5) is 30.3. The first-order valence-corrected chi connectivity index (χ1v) is 9.90. The Morgan fingerprint density at radius 1 is 1.15 bits per heavy atom. The minimum absolute atomic E-state index is 0.0209. The van der Waals surface area contributed by atoms with Gasteiger partial charge in [-0.2, -0.15) is 0 Å². The summed E-state index contributed by atoms with van der Waals surface area (Å²) in [5, 5.41) is 2.80. The van der Waals surface area contributed by atoms with E-state index in [-0.39, 0.29) is 24.1 Å². The van der Waals surface area contributed by atoms with E-state index in [9.17, 15) is 9.59 Å². The molecule has 2 aromatic carbocycles. The Hall–Kier alpha value is -2.38. The molecule has 0 fully saturated rings. The number of para-hydroxylation sites is 1. The van der Waals surface area contributed by atoms with Gasteiger partial charge in [0.1, 0.15) is 0 Å². The van der Waals surface area contributed by atoms with Gasteiger partial charge in [0, 0.05) is 12.7 Å². The van der Waals surface area contributed by atoms with Crippen LogP contribution < -0.4 is 5.32 Å². The zero-order valence-electron chi connectivity index (χ0n) is 14.6. The quantitative estimate of drug-likeness (QED) is 0.656. The molecule has 134 valence electrons. The van der Waals surface area contributed by atoms with Crippen LogP contribution in [0.4, 0.5) is 5.69 Å². The Bertz CT molecular complexity index is 889. The molecule has 0 bridgehead atoms. The third-order valence-electron chi connectivity index (χ3n) is 3.74. The normalized spacial score (nSPS) is 10.7. The van der Waals surface area contributed by atoms with E-state index in [0.717, 1.165) is 25.8 Å². The Kier molecular flexibility index (Phi) is 5.90. The molecule has 7 heteroatoms. The molecular formula is C19H19N3O2S2. The average Bonchev–Trinajstić information content (AvgIpc) is 3.04. The number of nitrogens with one attached hydrogen (secondary N) is 1. The van der Waals surface area contributed by atoms with E-state index in [1.54, 1.807) is 18.4 Å². The summed E-state index contributed by atoms with van der Waals surface area (Å²) in [6.45, 7) is 2.01. The molecule has 1 aromatic heterocycles. The lowest BCUT2D eigenvalue weighted by molar-refractivity contribution is -0.131. The van der Waals surface area contributed by atoms with Crippen LogP contribution in [0, 0.1) is 6.92 Å². The molecule has 1 heterocycles. The minimum Gasteiger partial charge on any atom is -0.336 e. The predicted molar refractivity (Wildman–Crippen MR) is 108 cm³/mol. The average molecular weight is 386 g/mol. The van der Waals surface area contributed by atoms with Crippen molar-refractivity contribution in [1.82, 2.24) is 9.88 Å². The number of aryl methyl sites for hydroxylation is 1. The first kappa shape index (κ1) is 18.4. The SMILES string of the molecule is Cc1ccc(NC(=O)CN(C)C(=O)CSc2nc3ccccc3s2)cc1. The van der Waals surface area contributed by atoms with E-state index in [4.69, 9.17) is 0 Å². The molecule has 1 N–H and O–H groups in total. The summed E-state index contributed by atoms with van der Waals surface area (Å²) < 4.78 is 1.96. The highest BCUT2D eigenvalue weighted by Gasteiger charge is 2.14. The van der Waals surface area contributed by atoms with Crippen molar-refractivity contribution >= 4 is 50.8 Å². The molecule has 0 aliphatic rings. The smallest absolute Gasteiger partial charge is 0.243 e. The van der Waals surface area contributed by atoms with Crippen molar-refractivity contribution in [1.29, 1.82) is 0 Å². The number of amides is 2. The molecule has 0 atom stereocenters. The topological polar surface area (TPSA) is 62.3 Å². The van der Waals surface area contributed by atoms with E-state index in [2.05, 4.69) is 10.3 Å². The third-order valence-corrected chi connectivity index (χ3v) is 5.90. The molecule has 0 saturated carbocycles. The van der Waals surface area contributed by atoms with Crippen molar-refractivity contribution in [2.75, 3.05) is 24.7 Å². The second-order valence-corrected chi connectivity index (χ2v) is 8.15. The molecule has 5 nitrogen and oxygen atoms in total. The van der Waals surface area contributed by atoms with Gasteiger partial charge in [0.25, 0.3) is 0 Å². The van der Waals surface area contributed by atoms with Crippen molar-refractivity contribution in [3.8, 4) is 0 Å². The molecular weight excluding hydrogens is 366 g/mol. The van der Waals surface area contributed by atoms with Crippen LogP contribution in [0.25, 0.3) is 10.2 Å². The first-order chi connectivity index (χ1) is 12.5. The van der Waals surface area contributed by atoms with Crippen LogP contribution in [-0.4, -0.2) is 41.0 Å². The van der Waals surface area contributed by atoms with Gasteiger partial charge in [0.15, 0.2) is 4.34 Å². The van der Waals surface area contributed by atoms with Crippen LogP contribution in [0.1, 0.15) is 5.56 Å². The van der Waals surface area contributed by atoms with Crippen LogP contribution in [0.2, 0.25) is 0 Å². The van der Waals surface area contributed by atoms with Crippen molar-refractivity contribution < 1.29 is 9.59 Å². The largest absolute Gasteiger partial charge is 0.336 e. The summed E-state index contributed by atoms with van der Waals surface area (Å²) in [7, 11) is 1.63. The number of anilines is 1. The van der Waals surface area contributed by atoms with E-state index >= 15 is 0 Å². The molecule has 0 saturated heterocycles. The Labute approximate surface area is 160 Å². The second kappa shape index (κ2) is 8.33. The lowest BCUT2D eigenvalue weighted by atomic mass is 10.2. The number of carbonyl (C=O) groups excluding carboxylic acids is 2. The summed E-state index contributed by atoms with van der Waals surface area (Å²) in [6, 6.07) is 15.4. The number of thioether (sulfide) groups is 1. The number of fused-ring (bicyclic) bond motifs is 1. The number of likely N-dealkylation sites (N-methyl/N-ethyl adjacent to an activating group) is 1. The molecule has 0 radical (unpaired) electrons. The molecule has 3 rings (SSSR count). The molecule has 3 aromatic rings. The zero-order valence-corrected chi connectivity index (χ0v) is 16.2. The lowest BCUT2D eigenvalue weighted by Crippen LogP contribution is -2.35. The van der Waals surface area contributed by atoms with Gasteiger partial charge in [-0.1, -0.05) is 41.6 Å². The summed E-state index contributed by atoms with van der Waals surface area (Å²) in [6.07, 6.45) is 0. The van der Waals surface area contributed by atoms with Gasteiger partial charge in [0.2, 0.25) is 11.8 Å².